The number of hydrogen-bond donors (Lipinski definition) is 1. The number of carbonyl (C=O) groups is 1. The number of alkyl halides is 1. The van der Waals surface area contributed by atoms with Gasteiger partial charge >= 0.3 is 0 Å². The molecule has 1 rings (SSSR count). The summed E-state index contributed by atoms with van der Waals surface area (Å²) in [6.07, 6.45) is 6.72. The molecule has 2 nitrogen and oxygen atoms in total. The fourth-order valence-electron chi connectivity index (χ4n) is 1.66. The molecule has 88 valence electrons. The molecule has 15 heavy (non-hydrogen) atoms. The van der Waals surface area contributed by atoms with Gasteiger partial charge in [0.2, 0.25) is 5.91 Å². The summed E-state index contributed by atoms with van der Waals surface area (Å²) in [5, 5.41) is 4.70. The van der Waals surface area contributed by atoms with E-state index in [-0.39, 0.29) is 5.91 Å². The molecular formula is C11H20BrNOS. The fourth-order valence-corrected chi connectivity index (χ4v) is 3.30. The van der Waals surface area contributed by atoms with Gasteiger partial charge < -0.3 is 5.32 Å². The average Bonchev–Trinajstić information content (AvgIpc) is 2.28. The molecule has 0 aromatic carbocycles. The first-order chi connectivity index (χ1) is 7.33. The number of hydrogen-bond acceptors (Lipinski definition) is 2. The number of rotatable bonds is 6. The second-order valence-electron chi connectivity index (χ2n) is 3.94. The van der Waals surface area contributed by atoms with Gasteiger partial charge in [0.15, 0.2) is 0 Å². The molecular weight excluding hydrogens is 274 g/mol. The predicted octanol–water partition coefficient (Wildman–Crippen LogP) is 2.95. The van der Waals surface area contributed by atoms with Crippen molar-refractivity contribution in [2.75, 3.05) is 17.6 Å². The van der Waals surface area contributed by atoms with Crippen LogP contribution in [0.15, 0.2) is 0 Å². The van der Waals surface area contributed by atoms with Crippen LogP contribution in [0.3, 0.4) is 0 Å². The van der Waals surface area contributed by atoms with Crippen molar-refractivity contribution in [3.05, 3.63) is 0 Å². The lowest BCUT2D eigenvalue weighted by atomic mass is 10.2. The second-order valence-corrected chi connectivity index (χ2v) is 6.14. The Morgan fingerprint density at radius 1 is 1.40 bits per heavy atom. The van der Waals surface area contributed by atoms with Crippen LogP contribution in [0.2, 0.25) is 0 Å². The topological polar surface area (TPSA) is 29.1 Å². The van der Waals surface area contributed by atoms with Gasteiger partial charge in [0, 0.05) is 23.5 Å². The molecule has 0 aromatic rings. The molecule has 1 fully saturated rings. The molecule has 1 heterocycles. The number of unbranched alkanes of at least 4 members (excludes halogenated alkanes) is 1. The molecule has 0 radical (unpaired) electrons. The quantitative estimate of drug-likeness (QED) is 0.603. The van der Waals surface area contributed by atoms with Gasteiger partial charge in [-0.2, -0.15) is 11.8 Å². The third-order valence-corrected chi connectivity index (χ3v) is 4.55. The van der Waals surface area contributed by atoms with Crippen LogP contribution in [0, 0.1) is 0 Å². The van der Waals surface area contributed by atoms with Crippen molar-refractivity contribution in [2.24, 2.45) is 0 Å². The third-order valence-electron chi connectivity index (χ3n) is 2.59. The van der Waals surface area contributed by atoms with Crippen LogP contribution in [0.1, 0.15) is 38.5 Å². The summed E-state index contributed by atoms with van der Waals surface area (Å²) >= 11 is 5.38. The summed E-state index contributed by atoms with van der Waals surface area (Å²) in [5.41, 5.74) is 0. The molecule has 4 heteroatoms. The minimum atomic E-state index is 0.224. The Hall–Kier alpha value is 0.300. The minimum absolute atomic E-state index is 0.224. The first-order valence-electron chi connectivity index (χ1n) is 5.77. The van der Waals surface area contributed by atoms with Crippen molar-refractivity contribution in [2.45, 2.75) is 43.8 Å². The van der Waals surface area contributed by atoms with Crippen LogP contribution in [0.4, 0.5) is 0 Å². The van der Waals surface area contributed by atoms with Gasteiger partial charge in [-0.3, -0.25) is 4.79 Å². The number of amides is 1. The van der Waals surface area contributed by atoms with Crippen LogP contribution in [-0.2, 0) is 4.79 Å². The van der Waals surface area contributed by atoms with Crippen LogP contribution in [0.25, 0.3) is 0 Å². The van der Waals surface area contributed by atoms with Gasteiger partial charge in [-0.15, -0.1) is 0 Å². The summed E-state index contributed by atoms with van der Waals surface area (Å²) in [5.74, 6) is 1.49. The average molecular weight is 294 g/mol. The minimum Gasteiger partial charge on any atom is -0.355 e. The van der Waals surface area contributed by atoms with Crippen molar-refractivity contribution in [1.82, 2.24) is 5.32 Å². The SMILES string of the molecule is O=C(CCCCBr)NCC1CCCCS1. The molecule has 1 aliphatic rings. The van der Waals surface area contributed by atoms with E-state index < -0.39 is 0 Å². The summed E-state index contributed by atoms with van der Waals surface area (Å²) in [6, 6.07) is 0. The summed E-state index contributed by atoms with van der Waals surface area (Å²) in [7, 11) is 0. The van der Waals surface area contributed by atoms with Crippen molar-refractivity contribution >= 4 is 33.6 Å². The fraction of sp³-hybridized carbons (Fsp3) is 0.909. The molecule has 1 N–H and O–H groups in total. The van der Waals surface area contributed by atoms with E-state index in [0.717, 1.165) is 24.7 Å². The predicted molar refractivity (Wildman–Crippen MR) is 70.8 cm³/mol. The summed E-state index contributed by atoms with van der Waals surface area (Å²) < 4.78 is 0. The molecule has 0 aliphatic carbocycles. The van der Waals surface area contributed by atoms with E-state index in [1.54, 1.807) is 0 Å². The Balaban J connectivity index is 2.00. The third kappa shape index (κ3) is 6.46. The highest BCUT2D eigenvalue weighted by molar-refractivity contribution is 9.09. The maximum absolute atomic E-state index is 11.4. The first-order valence-corrected chi connectivity index (χ1v) is 7.94. The van der Waals surface area contributed by atoms with E-state index in [4.69, 9.17) is 0 Å². The first kappa shape index (κ1) is 13.4. The van der Waals surface area contributed by atoms with Gasteiger partial charge in [0.25, 0.3) is 0 Å². The molecule has 0 bridgehead atoms. The largest absolute Gasteiger partial charge is 0.355 e. The molecule has 0 aromatic heterocycles. The van der Waals surface area contributed by atoms with Crippen LogP contribution >= 0.6 is 27.7 Å². The van der Waals surface area contributed by atoms with Crippen LogP contribution in [0.5, 0.6) is 0 Å². The van der Waals surface area contributed by atoms with E-state index >= 15 is 0 Å². The van der Waals surface area contributed by atoms with E-state index in [9.17, 15) is 4.79 Å². The number of halogens is 1. The van der Waals surface area contributed by atoms with Crippen molar-refractivity contribution < 1.29 is 4.79 Å². The van der Waals surface area contributed by atoms with E-state index in [0.29, 0.717) is 11.7 Å². The molecule has 1 aliphatic heterocycles. The van der Waals surface area contributed by atoms with Gasteiger partial charge in [-0.25, -0.2) is 0 Å². The lowest BCUT2D eigenvalue weighted by molar-refractivity contribution is -0.121. The molecule has 1 amide bonds. The Kier molecular flexibility index (Phi) is 7.53. The summed E-state index contributed by atoms with van der Waals surface area (Å²) in [4.78, 5) is 11.4. The second kappa shape index (κ2) is 8.45. The summed E-state index contributed by atoms with van der Waals surface area (Å²) in [6.45, 7) is 0.873. The van der Waals surface area contributed by atoms with E-state index in [1.165, 1.54) is 25.0 Å². The van der Waals surface area contributed by atoms with E-state index in [1.807, 2.05) is 11.8 Å². The van der Waals surface area contributed by atoms with Crippen molar-refractivity contribution in [3.63, 3.8) is 0 Å². The lowest BCUT2D eigenvalue weighted by Gasteiger charge is -2.21. The van der Waals surface area contributed by atoms with Crippen molar-refractivity contribution in [3.8, 4) is 0 Å². The number of carbonyl (C=O) groups excluding carboxylic acids is 1. The highest BCUT2D eigenvalue weighted by atomic mass is 79.9. The molecule has 1 unspecified atom stereocenters. The van der Waals surface area contributed by atoms with Gasteiger partial charge in [0.1, 0.15) is 0 Å². The molecule has 1 saturated heterocycles. The Morgan fingerprint density at radius 3 is 2.93 bits per heavy atom. The molecule has 1 atom stereocenters. The zero-order valence-corrected chi connectivity index (χ0v) is 11.5. The molecule has 0 saturated carbocycles. The Morgan fingerprint density at radius 2 is 2.27 bits per heavy atom. The normalized spacial score (nSPS) is 21.3. The van der Waals surface area contributed by atoms with Gasteiger partial charge in [0.05, 0.1) is 0 Å². The Labute approximate surface area is 105 Å². The number of nitrogens with one attached hydrogen (secondary N) is 1. The number of thioether (sulfide) groups is 1. The van der Waals surface area contributed by atoms with Crippen LogP contribution < -0.4 is 5.32 Å². The standard InChI is InChI=1S/C11H20BrNOS/c12-7-3-1-6-11(14)13-9-10-5-2-4-8-15-10/h10H,1-9H2,(H,13,14). The van der Waals surface area contributed by atoms with Gasteiger partial charge in [-0.1, -0.05) is 22.4 Å². The maximum atomic E-state index is 11.4. The zero-order valence-electron chi connectivity index (χ0n) is 9.14. The van der Waals surface area contributed by atoms with Crippen LogP contribution in [-0.4, -0.2) is 28.8 Å². The monoisotopic (exact) mass is 293 g/mol. The van der Waals surface area contributed by atoms with Crippen molar-refractivity contribution in [1.29, 1.82) is 0 Å². The highest BCUT2D eigenvalue weighted by Gasteiger charge is 2.14. The van der Waals surface area contributed by atoms with Gasteiger partial charge in [-0.05, 0) is 31.4 Å². The Bertz CT molecular complexity index is 183. The molecule has 0 spiro atoms. The maximum Gasteiger partial charge on any atom is 0.220 e. The lowest BCUT2D eigenvalue weighted by Crippen LogP contribution is -2.31. The smallest absolute Gasteiger partial charge is 0.220 e. The highest BCUT2D eigenvalue weighted by Crippen LogP contribution is 2.24. The zero-order chi connectivity index (χ0) is 10.9. The van der Waals surface area contributed by atoms with E-state index in [2.05, 4.69) is 21.2 Å².